The molecule has 0 fully saturated rings. The molecule has 2 aromatic carbocycles. The first-order chi connectivity index (χ1) is 11.0. The molecule has 0 unspecified atom stereocenters. The van der Waals surface area contributed by atoms with E-state index in [-0.39, 0.29) is 24.8 Å². The van der Waals surface area contributed by atoms with Crippen molar-refractivity contribution in [3.8, 4) is 0 Å². The van der Waals surface area contributed by atoms with Gasteiger partial charge >= 0.3 is 0 Å². The van der Waals surface area contributed by atoms with Crippen LogP contribution in [0.4, 0.5) is 0 Å². The van der Waals surface area contributed by atoms with Crippen LogP contribution in [0.1, 0.15) is 11.1 Å². The van der Waals surface area contributed by atoms with Crippen LogP contribution >= 0.6 is 27.5 Å². The molecule has 0 saturated heterocycles. The van der Waals surface area contributed by atoms with Gasteiger partial charge < -0.3 is 10.6 Å². The van der Waals surface area contributed by atoms with Crippen LogP contribution in [-0.4, -0.2) is 18.4 Å². The van der Waals surface area contributed by atoms with Crippen molar-refractivity contribution >= 4 is 39.3 Å². The van der Waals surface area contributed by atoms with Crippen molar-refractivity contribution < 1.29 is 9.59 Å². The molecule has 2 N–H and O–H groups in total. The molecule has 0 aliphatic carbocycles. The highest BCUT2D eigenvalue weighted by Gasteiger charge is 2.07. The molecule has 6 heteroatoms. The third kappa shape index (κ3) is 6.42. The van der Waals surface area contributed by atoms with Crippen LogP contribution in [-0.2, 0) is 22.6 Å². The fourth-order valence-corrected chi connectivity index (χ4v) is 2.51. The van der Waals surface area contributed by atoms with Gasteiger partial charge in [0.1, 0.15) is 0 Å². The molecular formula is C17H16BrClN2O2. The van der Waals surface area contributed by atoms with E-state index in [1.807, 2.05) is 36.4 Å². The Hall–Kier alpha value is -1.85. The first kappa shape index (κ1) is 17.5. The second-order valence-electron chi connectivity index (χ2n) is 4.99. The normalized spacial score (nSPS) is 10.2. The van der Waals surface area contributed by atoms with Crippen LogP contribution in [0.5, 0.6) is 0 Å². The largest absolute Gasteiger partial charge is 0.350 e. The highest BCUT2D eigenvalue weighted by molar-refractivity contribution is 9.10. The lowest BCUT2D eigenvalue weighted by atomic mass is 10.1. The molecule has 4 nitrogen and oxygen atoms in total. The zero-order chi connectivity index (χ0) is 16.7. The summed E-state index contributed by atoms with van der Waals surface area (Å²) in [5, 5.41) is 6.00. The number of rotatable bonds is 6. The van der Waals surface area contributed by atoms with Gasteiger partial charge in [0.15, 0.2) is 0 Å². The summed E-state index contributed by atoms with van der Waals surface area (Å²) >= 11 is 9.15. The highest BCUT2D eigenvalue weighted by atomic mass is 79.9. The van der Waals surface area contributed by atoms with Gasteiger partial charge in [0.05, 0.1) is 13.0 Å². The third-order valence-corrected chi connectivity index (χ3v) is 3.85. The predicted molar refractivity (Wildman–Crippen MR) is 94.2 cm³/mol. The van der Waals surface area contributed by atoms with Crippen LogP contribution in [0.3, 0.4) is 0 Å². The van der Waals surface area contributed by atoms with Crippen LogP contribution < -0.4 is 10.6 Å². The molecule has 0 radical (unpaired) electrons. The zero-order valence-corrected chi connectivity index (χ0v) is 14.7. The minimum Gasteiger partial charge on any atom is -0.350 e. The second-order valence-corrected chi connectivity index (χ2v) is 6.34. The Kier molecular flexibility index (Phi) is 6.62. The van der Waals surface area contributed by atoms with Gasteiger partial charge in [-0.2, -0.15) is 0 Å². The van der Waals surface area contributed by atoms with E-state index < -0.39 is 0 Å². The lowest BCUT2D eigenvalue weighted by molar-refractivity contribution is -0.125. The number of amides is 2. The van der Waals surface area contributed by atoms with Crippen molar-refractivity contribution in [2.45, 2.75) is 13.0 Å². The Morgan fingerprint density at radius 3 is 2.39 bits per heavy atom. The van der Waals surface area contributed by atoms with Gasteiger partial charge in [0.25, 0.3) is 0 Å². The maximum absolute atomic E-state index is 11.8. The Labute approximate surface area is 148 Å². The molecule has 0 spiro atoms. The Bertz CT molecular complexity index is 689. The van der Waals surface area contributed by atoms with E-state index >= 15 is 0 Å². The molecule has 0 atom stereocenters. The van der Waals surface area contributed by atoms with E-state index in [9.17, 15) is 9.59 Å². The summed E-state index contributed by atoms with van der Waals surface area (Å²) in [4.78, 5) is 23.6. The van der Waals surface area contributed by atoms with Crippen LogP contribution in [0, 0.1) is 0 Å². The molecule has 0 aliphatic rings. The Morgan fingerprint density at radius 2 is 1.70 bits per heavy atom. The summed E-state index contributed by atoms with van der Waals surface area (Å²) in [7, 11) is 0. The standard InChI is InChI=1S/C17H16BrClN2O2/c18-14-3-1-2-13(8-14)9-16(22)21-11-17(23)20-10-12-4-6-15(19)7-5-12/h1-8H,9-11H2,(H,20,23)(H,21,22). The van der Waals surface area contributed by atoms with Gasteiger partial charge in [0.2, 0.25) is 11.8 Å². The number of hydrogen-bond donors (Lipinski definition) is 2. The summed E-state index contributed by atoms with van der Waals surface area (Å²) in [6.45, 7) is 0.359. The summed E-state index contributed by atoms with van der Waals surface area (Å²) < 4.78 is 0.920. The van der Waals surface area contributed by atoms with Crippen molar-refractivity contribution in [1.82, 2.24) is 10.6 Å². The van der Waals surface area contributed by atoms with Crippen molar-refractivity contribution in [2.75, 3.05) is 6.54 Å². The van der Waals surface area contributed by atoms with Crippen molar-refractivity contribution in [1.29, 1.82) is 0 Å². The number of halogens is 2. The number of nitrogens with one attached hydrogen (secondary N) is 2. The van der Waals surface area contributed by atoms with Crippen LogP contribution in [0.15, 0.2) is 53.0 Å². The maximum Gasteiger partial charge on any atom is 0.239 e. The van der Waals surface area contributed by atoms with Crippen molar-refractivity contribution in [3.63, 3.8) is 0 Å². The van der Waals surface area contributed by atoms with Gasteiger partial charge in [-0.15, -0.1) is 0 Å². The summed E-state index contributed by atoms with van der Waals surface area (Å²) in [6.07, 6.45) is 0.240. The molecule has 2 aromatic rings. The van der Waals surface area contributed by atoms with Gasteiger partial charge in [-0.05, 0) is 35.4 Å². The SMILES string of the molecule is O=C(CNC(=O)Cc1cccc(Br)c1)NCc1ccc(Cl)cc1. The Balaban J connectivity index is 1.71. The molecule has 120 valence electrons. The first-order valence-electron chi connectivity index (χ1n) is 7.05. The average Bonchev–Trinajstić information content (AvgIpc) is 2.52. The summed E-state index contributed by atoms with van der Waals surface area (Å²) in [5.74, 6) is -0.424. The summed E-state index contributed by atoms with van der Waals surface area (Å²) in [5.41, 5.74) is 1.83. The van der Waals surface area contributed by atoms with E-state index in [1.54, 1.807) is 12.1 Å². The summed E-state index contributed by atoms with van der Waals surface area (Å²) in [6, 6.07) is 14.7. The predicted octanol–water partition coefficient (Wildman–Crippen LogP) is 3.08. The minimum absolute atomic E-state index is 0.0412. The molecule has 0 aromatic heterocycles. The first-order valence-corrected chi connectivity index (χ1v) is 8.22. The smallest absolute Gasteiger partial charge is 0.239 e. The molecule has 0 aliphatic heterocycles. The average molecular weight is 396 g/mol. The maximum atomic E-state index is 11.8. The molecule has 2 rings (SSSR count). The van der Waals surface area contributed by atoms with E-state index in [2.05, 4.69) is 26.6 Å². The molecule has 23 heavy (non-hydrogen) atoms. The fourth-order valence-electron chi connectivity index (χ4n) is 1.94. The number of carbonyl (C=O) groups is 2. The molecular weight excluding hydrogens is 380 g/mol. The quantitative estimate of drug-likeness (QED) is 0.790. The second kappa shape index (κ2) is 8.70. The minimum atomic E-state index is -0.234. The van der Waals surface area contributed by atoms with Crippen molar-refractivity contribution in [2.24, 2.45) is 0 Å². The van der Waals surface area contributed by atoms with Gasteiger partial charge in [-0.25, -0.2) is 0 Å². The van der Waals surface area contributed by atoms with E-state index in [1.165, 1.54) is 0 Å². The Morgan fingerprint density at radius 1 is 0.957 bits per heavy atom. The third-order valence-electron chi connectivity index (χ3n) is 3.10. The highest BCUT2D eigenvalue weighted by Crippen LogP contribution is 2.12. The number of hydrogen-bond acceptors (Lipinski definition) is 2. The van der Waals surface area contributed by atoms with E-state index in [0.29, 0.717) is 11.6 Å². The van der Waals surface area contributed by atoms with Gasteiger partial charge in [-0.1, -0.05) is 51.8 Å². The fraction of sp³-hybridized carbons (Fsp3) is 0.176. The topological polar surface area (TPSA) is 58.2 Å². The molecule has 0 saturated carbocycles. The van der Waals surface area contributed by atoms with Gasteiger partial charge in [-0.3, -0.25) is 9.59 Å². The van der Waals surface area contributed by atoms with Crippen LogP contribution in [0.2, 0.25) is 5.02 Å². The van der Waals surface area contributed by atoms with Crippen LogP contribution in [0.25, 0.3) is 0 Å². The number of benzene rings is 2. The lowest BCUT2D eigenvalue weighted by Crippen LogP contribution is -2.37. The number of carbonyl (C=O) groups excluding carboxylic acids is 2. The molecule has 0 bridgehead atoms. The lowest BCUT2D eigenvalue weighted by Gasteiger charge is -2.07. The van der Waals surface area contributed by atoms with Crippen molar-refractivity contribution in [3.05, 3.63) is 69.2 Å². The monoisotopic (exact) mass is 394 g/mol. The van der Waals surface area contributed by atoms with Gasteiger partial charge in [0, 0.05) is 16.0 Å². The molecule has 0 heterocycles. The van der Waals surface area contributed by atoms with E-state index in [4.69, 9.17) is 11.6 Å². The molecule has 2 amide bonds. The van der Waals surface area contributed by atoms with E-state index in [0.717, 1.165) is 15.6 Å². The zero-order valence-electron chi connectivity index (χ0n) is 12.3.